The first-order valence-corrected chi connectivity index (χ1v) is 8.32. The Balaban J connectivity index is 1.60. The van der Waals surface area contributed by atoms with Crippen LogP contribution in [0.3, 0.4) is 0 Å². The van der Waals surface area contributed by atoms with Crippen LogP contribution in [0.1, 0.15) is 37.7 Å². The maximum Gasteiger partial charge on any atom is 0.224 e. The third-order valence-electron chi connectivity index (χ3n) is 4.59. The van der Waals surface area contributed by atoms with Crippen LogP contribution in [-0.4, -0.2) is 18.0 Å². The standard InChI is InChI=1S/C16H20BrFN2O/c1-9-4-14(18)13(17)8-15(9)20-16(21)7-10-5-11-2-3-12(6-10)19-11/h4,8,10-12,19H,2-3,5-7H2,1H3,(H,20,21). The summed E-state index contributed by atoms with van der Waals surface area (Å²) in [4.78, 5) is 12.2. The van der Waals surface area contributed by atoms with Crippen LogP contribution in [0.25, 0.3) is 0 Å². The number of carbonyl (C=O) groups excluding carboxylic acids is 1. The van der Waals surface area contributed by atoms with Crippen LogP contribution < -0.4 is 10.6 Å². The minimum atomic E-state index is -0.305. The van der Waals surface area contributed by atoms with E-state index in [1.54, 1.807) is 13.0 Å². The van der Waals surface area contributed by atoms with Crippen LogP contribution in [0, 0.1) is 18.7 Å². The van der Waals surface area contributed by atoms with Crippen LogP contribution in [-0.2, 0) is 4.79 Å². The molecule has 2 unspecified atom stereocenters. The largest absolute Gasteiger partial charge is 0.326 e. The number of fused-ring (bicyclic) bond motifs is 2. The first kappa shape index (κ1) is 15.0. The van der Waals surface area contributed by atoms with E-state index in [4.69, 9.17) is 0 Å². The maximum absolute atomic E-state index is 13.4. The van der Waals surface area contributed by atoms with Crippen molar-refractivity contribution in [2.24, 2.45) is 5.92 Å². The number of aryl methyl sites for hydroxylation is 1. The predicted octanol–water partition coefficient (Wildman–Crippen LogP) is 3.76. The molecule has 114 valence electrons. The highest BCUT2D eigenvalue weighted by molar-refractivity contribution is 9.10. The van der Waals surface area contributed by atoms with E-state index in [1.165, 1.54) is 18.9 Å². The Bertz CT molecular complexity index is 551. The van der Waals surface area contributed by atoms with Crippen LogP contribution in [0.4, 0.5) is 10.1 Å². The van der Waals surface area contributed by atoms with Gasteiger partial charge in [-0.1, -0.05) is 0 Å². The van der Waals surface area contributed by atoms with Crippen molar-refractivity contribution in [3.05, 3.63) is 28.0 Å². The topological polar surface area (TPSA) is 41.1 Å². The van der Waals surface area contributed by atoms with E-state index >= 15 is 0 Å². The van der Waals surface area contributed by atoms with Crippen molar-refractivity contribution >= 4 is 27.5 Å². The third kappa shape index (κ3) is 3.46. The zero-order chi connectivity index (χ0) is 15.0. The third-order valence-corrected chi connectivity index (χ3v) is 5.19. The Morgan fingerprint density at radius 3 is 2.71 bits per heavy atom. The average molecular weight is 355 g/mol. The number of benzene rings is 1. The van der Waals surface area contributed by atoms with Gasteiger partial charge in [-0.25, -0.2) is 4.39 Å². The lowest BCUT2D eigenvalue weighted by Crippen LogP contribution is -2.39. The fourth-order valence-electron chi connectivity index (χ4n) is 3.59. The van der Waals surface area contributed by atoms with Gasteiger partial charge < -0.3 is 10.6 Å². The predicted molar refractivity (Wildman–Crippen MR) is 84.8 cm³/mol. The molecule has 5 heteroatoms. The molecule has 0 radical (unpaired) electrons. The van der Waals surface area contributed by atoms with Crippen molar-refractivity contribution in [1.82, 2.24) is 5.32 Å². The Morgan fingerprint density at radius 2 is 2.05 bits per heavy atom. The molecular formula is C16H20BrFN2O. The van der Waals surface area contributed by atoms with Gasteiger partial charge in [-0.3, -0.25) is 4.79 Å². The van der Waals surface area contributed by atoms with E-state index in [0.29, 0.717) is 34.6 Å². The number of halogens is 2. The van der Waals surface area contributed by atoms with Gasteiger partial charge in [-0.15, -0.1) is 0 Å². The molecule has 0 saturated carbocycles. The zero-order valence-electron chi connectivity index (χ0n) is 12.1. The van der Waals surface area contributed by atoms with Gasteiger partial charge in [0.25, 0.3) is 0 Å². The summed E-state index contributed by atoms with van der Waals surface area (Å²) in [7, 11) is 0. The second-order valence-electron chi connectivity index (χ2n) is 6.31. The van der Waals surface area contributed by atoms with E-state index in [0.717, 1.165) is 18.4 Å². The maximum atomic E-state index is 13.4. The van der Waals surface area contributed by atoms with E-state index in [-0.39, 0.29) is 11.7 Å². The van der Waals surface area contributed by atoms with E-state index < -0.39 is 0 Å². The van der Waals surface area contributed by atoms with Gasteiger partial charge in [0.2, 0.25) is 5.91 Å². The Labute approximate surface area is 132 Å². The summed E-state index contributed by atoms with van der Waals surface area (Å²) < 4.78 is 13.8. The van der Waals surface area contributed by atoms with Gasteiger partial charge in [-0.2, -0.15) is 0 Å². The highest BCUT2D eigenvalue weighted by atomic mass is 79.9. The molecule has 2 aliphatic rings. The summed E-state index contributed by atoms with van der Waals surface area (Å²) in [5.74, 6) is 0.191. The summed E-state index contributed by atoms with van der Waals surface area (Å²) >= 11 is 3.16. The van der Waals surface area contributed by atoms with Gasteiger partial charge in [0, 0.05) is 24.2 Å². The molecule has 2 heterocycles. The molecule has 2 aliphatic heterocycles. The number of amides is 1. The zero-order valence-corrected chi connectivity index (χ0v) is 13.7. The van der Waals surface area contributed by atoms with Gasteiger partial charge in [0.1, 0.15) is 5.82 Å². The first-order valence-electron chi connectivity index (χ1n) is 7.53. The number of nitrogens with one attached hydrogen (secondary N) is 2. The summed E-state index contributed by atoms with van der Waals surface area (Å²) in [6.45, 7) is 1.80. The van der Waals surface area contributed by atoms with Gasteiger partial charge in [0.05, 0.1) is 4.47 Å². The normalized spacial score (nSPS) is 27.7. The van der Waals surface area contributed by atoms with Crippen LogP contribution in [0.15, 0.2) is 16.6 Å². The van der Waals surface area contributed by atoms with Gasteiger partial charge in [0.15, 0.2) is 0 Å². The highest BCUT2D eigenvalue weighted by Crippen LogP contribution is 2.33. The van der Waals surface area contributed by atoms with E-state index in [9.17, 15) is 9.18 Å². The lowest BCUT2D eigenvalue weighted by Gasteiger charge is -2.28. The van der Waals surface area contributed by atoms with Crippen molar-refractivity contribution in [2.45, 2.75) is 51.1 Å². The minimum absolute atomic E-state index is 0.0305. The van der Waals surface area contributed by atoms with E-state index in [1.807, 2.05) is 0 Å². The van der Waals surface area contributed by atoms with Gasteiger partial charge in [-0.05, 0) is 72.2 Å². The average Bonchev–Trinajstić information content (AvgIpc) is 2.75. The Kier molecular flexibility index (Phi) is 4.31. The molecule has 1 aromatic rings. The van der Waals surface area contributed by atoms with Crippen molar-refractivity contribution in [3.8, 4) is 0 Å². The molecule has 21 heavy (non-hydrogen) atoms. The Hall–Kier alpha value is -0.940. The Morgan fingerprint density at radius 1 is 1.38 bits per heavy atom. The smallest absolute Gasteiger partial charge is 0.224 e. The van der Waals surface area contributed by atoms with Crippen LogP contribution in [0.2, 0.25) is 0 Å². The molecule has 2 bridgehead atoms. The molecule has 2 fully saturated rings. The second kappa shape index (κ2) is 6.05. The van der Waals surface area contributed by atoms with Crippen molar-refractivity contribution < 1.29 is 9.18 Å². The summed E-state index contributed by atoms with van der Waals surface area (Å²) in [5, 5.41) is 6.51. The number of hydrogen-bond donors (Lipinski definition) is 2. The molecule has 0 spiro atoms. The summed E-state index contributed by atoms with van der Waals surface area (Å²) in [6, 6.07) is 4.27. The number of carbonyl (C=O) groups is 1. The monoisotopic (exact) mass is 354 g/mol. The van der Waals surface area contributed by atoms with Crippen molar-refractivity contribution in [2.75, 3.05) is 5.32 Å². The number of hydrogen-bond acceptors (Lipinski definition) is 2. The molecule has 0 aromatic heterocycles. The number of piperidine rings is 1. The van der Waals surface area contributed by atoms with E-state index in [2.05, 4.69) is 26.6 Å². The SMILES string of the molecule is Cc1cc(F)c(Br)cc1NC(=O)CC1CC2CCC(C1)N2. The quantitative estimate of drug-likeness (QED) is 0.867. The molecule has 3 rings (SSSR count). The number of anilines is 1. The lowest BCUT2D eigenvalue weighted by atomic mass is 9.89. The highest BCUT2D eigenvalue weighted by Gasteiger charge is 2.34. The molecule has 3 nitrogen and oxygen atoms in total. The molecular weight excluding hydrogens is 335 g/mol. The van der Waals surface area contributed by atoms with Gasteiger partial charge >= 0.3 is 0 Å². The van der Waals surface area contributed by atoms with Crippen LogP contribution >= 0.6 is 15.9 Å². The molecule has 0 aliphatic carbocycles. The summed E-state index contributed by atoms with van der Waals surface area (Å²) in [5.41, 5.74) is 1.43. The minimum Gasteiger partial charge on any atom is -0.326 e. The molecule has 1 amide bonds. The lowest BCUT2D eigenvalue weighted by molar-refractivity contribution is -0.117. The summed E-state index contributed by atoms with van der Waals surface area (Å²) in [6.07, 6.45) is 5.23. The molecule has 2 atom stereocenters. The first-order chi connectivity index (χ1) is 10.0. The number of rotatable bonds is 3. The fourth-order valence-corrected chi connectivity index (χ4v) is 3.93. The van der Waals surface area contributed by atoms with Crippen LogP contribution in [0.5, 0.6) is 0 Å². The van der Waals surface area contributed by atoms with Crippen molar-refractivity contribution in [3.63, 3.8) is 0 Å². The second-order valence-corrected chi connectivity index (χ2v) is 7.16. The van der Waals surface area contributed by atoms with Crippen molar-refractivity contribution in [1.29, 1.82) is 0 Å². The molecule has 2 saturated heterocycles. The fraction of sp³-hybridized carbons (Fsp3) is 0.562. The molecule has 1 aromatic carbocycles. The molecule has 2 N–H and O–H groups in total.